The lowest BCUT2D eigenvalue weighted by atomic mass is 10.2. The van der Waals surface area contributed by atoms with E-state index < -0.39 is 0 Å². The van der Waals surface area contributed by atoms with Crippen molar-refractivity contribution in [2.24, 2.45) is 5.73 Å². The Morgan fingerprint density at radius 2 is 2.33 bits per heavy atom. The van der Waals surface area contributed by atoms with Gasteiger partial charge < -0.3 is 15.4 Å². The number of carbonyl (C=O) groups excluding carboxylic acids is 1. The van der Waals surface area contributed by atoms with Gasteiger partial charge in [0.1, 0.15) is 5.82 Å². The van der Waals surface area contributed by atoms with Crippen LogP contribution in [0.1, 0.15) is 23.7 Å². The van der Waals surface area contributed by atoms with Crippen molar-refractivity contribution in [1.29, 1.82) is 0 Å². The lowest BCUT2D eigenvalue weighted by molar-refractivity contribution is 0.0600. The molecular weight excluding hydrogens is 250 g/mol. The molecule has 0 aliphatic rings. The highest BCUT2D eigenvalue weighted by molar-refractivity contribution is 7.80. The van der Waals surface area contributed by atoms with E-state index in [1.165, 1.54) is 7.11 Å². The number of pyridine rings is 1. The molecule has 0 saturated carbocycles. The summed E-state index contributed by atoms with van der Waals surface area (Å²) in [5.74, 6) is 0.348. The molecule has 1 aromatic rings. The highest BCUT2D eigenvalue weighted by atomic mass is 32.1. The van der Waals surface area contributed by atoms with Gasteiger partial charge in [-0.2, -0.15) is 0 Å². The smallest absolute Gasteiger partial charge is 0.338 e. The predicted octanol–water partition coefficient (Wildman–Crippen LogP) is 1.37. The summed E-state index contributed by atoms with van der Waals surface area (Å²) in [6.45, 7) is 3.45. The first-order valence-electron chi connectivity index (χ1n) is 5.66. The molecule has 6 heteroatoms. The Balaban J connectivity index is 2.85. The van der Waals surface area contributed by atoms with Crippen LogP contribution in [0.2, 0.25) is 0 Å². The van der Waals surface area contributed by atoms with Crippen LogP contribution in [0.5, 0.6) is 0 Å². The standard InChI is InChI=1S/C12H17N3O2S/c1-3-15(7-5-10(13)18)11-8-9(4-6-14-11)12(16)17-2/h4,6,8H,3,5,7H2,1-2H3,(H2,13,18). The number of ether oxygens (including phenoxy) is 1. The van der Waals surface area contributed by atoms with Gasteiger partial charge in [-0.05, 0) is 19.1 Å². The average Bonchev–Trinajstić information content (AvgIpc) is 2.38. The second-order valence-corrected chi connectivity index (χ2v) is 4.21. The molecule has 0 saturated heterocycles. The number of hydrogen-bond acceptors (Lipinski definition) is 5. The van der Waals surface area contributed by atoms with Crippen LogP contribution in [0.3, 0.4) is 0 Å². The molecule has 98 valence electrons. The van der Waals surface area contributed by atoms with Gasteiger partial charge in [-0.25, -0.2) is 9.78 Å². The Bertz CT molecular complexity index is 437. The average molecular weight is 267 g/mol. The van der Waals surface area contributed by atoms with Gasteiger partial charge in [-0.1, -0.05) is 12.2 Å². The van der Waals surface area contributed by atoms with Gasteiger partial charge in [0.25, 0.3) is 0 Å². The third-order valence-electron chi connectivity index (χ3n) is 2.50. The molecule has 0 aliphatic heterocycles. The fourth-order valence-corrected chi connectivity index (χ4v) is 1.61. The highest BCUT2D eigenvalue weighted by Crippen LogP contribution is 2.13. The van der Waals surface area contributed by atoms with E-state index in [1.807, 2.05) is 11.8 Å². The summed E-state index contributed by atoms with van der Waals surface area (Å²) in [5, 5.41) is 0. The predicted molar refractivity (Wildman–Crippen MR) is 74.9 cm³/mol. The molecule has 0 unspecified atom stereocenters. The molecular formula is C12H17N3O2S. The minimum atomic E-state index is -0.371. The van der Waals surface area contributed by atoms with E-state index in [1.54, 1.807) is 18.3 Å². The number of anilines is 1. The monoisotopic (exact) mass is 267 g/mol. The molecule has 0 aromatic carbocycles. The van der Waals surface area contributed by atoms with Gasteiger partial charge in [-0.15, -0.1) is 0 Å². The molecule has 1 rings (SSSR count). The van der Waals surface area contributed by atoms with Crippen molar-refractivity contribution in [3.8, 4) is 0 Å². The van der Waals surface area contributed by atoms with Gasteiger partial charge in [-0.3, -0.25) is 0 Å². The number of methoxy groups -OCH3 is 1. The summed E-state index contributed by atoms with van der Waals surface area (Å²) < 4.78 is 4.68. The third-order valence-corrected chi connectivity index (χ3v) is 2.70. The van der Waals surface area contributed by atoms with Gasteiger partial charge in [0.05, 0.1) is 17.7 Å². The second-order valence-electron chi connectivity index (χ2n) is 3.69. The zero-order chi connectivity index (χ0) is 13.5. The first-order valence-corrected chi connectivity index (χ1v) is 6.07. The molecule has 0 radical (unpaired) electrons. The number of hydrogen-bond donors (Lipinski definition) is 1. The van der Waals surface area contributed by atoms with Crippen LogP contribution in [-0.2, 0) is 4.74 Å². The maximum absolute atomic E-state index is 11.4. The van der Waals surface area contributed by atoms with Crippen LogP contribution in [0.4, 0.5) is 5.82 Å². The Labute approximate surface area is 112 Å². The maximum atomic E-state index is 11.4. The summed E-state index contributed by atoms with van der Waals surface area (Å²) in [5.41, 5.74) is 5.97. The van der Waals surface area contributed by atoms with Gasteiger partial charge in [0.15, 0.2) is 0 Å². The van der Waals surface area contributed by atoms with E-state index in [0.717, 1.165) is 12.4 Å². The summed E-state index contributed by atoms with van der Waals surface area (Å²) in [4.78, 5) is 18.1. The van der Waals surface area contributed by atoms with Crippen LogP contribution in [0.15, 0.2) is 18.3 Å². The van der Waals surface area contributed by atoms with E-state index >= 15 is 0 Å². The van der Waals surface area contributed by atoms with E-state index in [-0.39, 0.29) is 5.97 Å². The Morgan fingerprint density at radius 3 is 2.89 bits per heavy atom. The molecule has 0 aliphatic carbocycles. The van der Waals surface area contributed by atoms with Crippen molar-refractivity contribution in [2.75, 3.05) is 25.1 Å². The third kappa shape index (κ3) is 3.96. The van der Waals surface area contributed by atoms with Crippen molar-refractivity contribution in [3.05, 3.63) is 23.9 Å². The zero-order valence-corrected chi connectivity index (χ0v) is 11.4. The number of rotatable bonds is 6. The zero-order valence-electron chi connectivity index (χ0n) is 10.5. The van der Waals surface area contributed by atoms with Crippen LogP contribution in [0, 0.1) is 0 Å². The first kappa shape index (κ1) is 14.4. The first-order chi connectivity index (χ1) is 8.58. The molecule has 2 N–H and O–H groups in total. The van der Waals surface area contributed by atoms with E-state index in [2.05, 4.69) is 9.72 Å². The largest absolute Gasteiger partial charge is 0.465 e. The van der Waals surface area contributed by atoms with E-state index in [9.17, 15) is 4.79 Å². The van der Waals surface area contributed by atoms with Gasteiger partial charge in [0, 0.05) is 25.7 Å². The number of carbonyl (C=O) groups is 1. The van der Waals surface area contributed by atoms with Gasteiger partial charge >= 0.3 is 5.97 Å². The van der Waals surface area contributed by atoms with Crippen LogP contribution in [-0.4, -0.2) is 36.1 Å². The van der Waals surface area contributed by atoms with Crippen molar-refractivity contribution in [1.82, 2.24) is 4.98 Å². The Kier molecular flexibility index (Phi) is 5.51. The number of nitrogens with zero attached hydrogens (tertiary/aromatic N) is 2. The fourth-order valence-electron chi connectivity index (χ4n) is 1.52. The van der Waals surface area contributed by atoms with Crippen LogP contribution < -0.4 is 10.6 Å². The Morgan fingerprint density at radius 1 is 1.61 bits per heavy atom. The molecule has 1 heterocycles. The number of nitrogens with two attached hydrogens (primary N) is 1. The van der Waals surface area contributed by atoms with Gasteiger partial charge in [0.2, 0.25) is 0 Å². The lowest BCUT2D eigenvalue weighted by Gasteiger charge is -2.21. The normalized spacial score (nSPS) is 9.89. The topological polar surface area (TPSA) is 68.5 Å². The summed E-state index contributed by atoms with van der Waals surface area (Å²) in [6, 6.07) is 3.33. The van der Waals surface area contributed by atoms with E-state index in [0.29, 0.717) is 23.5 Å². The molecule has 0 amide bonds. The van der Waals surface area contributed by atoms with Crippen molar-refractivity contribution < 1.29 is 9.53 Å². The quantitative estimate of drug-likeness (QED) is 0.620. The van der Waals surface area contributed by atoms with Crippen LogP contribution >= 0.6 is 12.2 Å². The summed E-state index contributed by atoms with van der Waals surface area (Å²) >= 11 is 4.85. The minimum Gasteiger partial charge on any atom is -0.465 e. The minimum absolute atomic E-state index is 0.371. The SMILES string of the molecule is CCN(CCC(N)=S)c1cc(C(=O)OC)ccn1. The van der Waals surface area contributed by atoms with Crippen molar-refractivity contribution >= 4 is 29.0 Å². The highest BCUT2D eigenvalue weighted by Gasteiger charge is 2.10. The molecule has 1 aromatic heterocycles. The van der Waals surface area contributed by atoms with Crippen molar-refractivity contribution in [3.63, 3.8) is 0 Å². The summed E-state index contributed by atoms with van der Waals surface area (Å²) in [6.07, 6.45) is 2.21. The maximum Gasteiger partial charge on any atom is 0.338 e. The number of thiocarbonyl (C=S) groups is 1. The molecule has 0 spiro atoms. The van der Waals surface area contributed by atoms with Crippen molar-refractivity contribution in [2.45, 2.75) is 13.3 Å². The molecule has 5 nitrogen and oxygen atoms in total. The molecule has 0 atom stereocenters. The fraction of sp³-hybridized carbons (Fsp3) is 0.417. The second kappa shape index (κ2) is 6.90. The summed E-state index contributed by atoms with van der Waals surface area (Å²) in [7, 11) is 1.35. The molecule has 0 fully saturated rings. The van der Waals surface area contributed by atoms with E-state index in [4.69, 9.17) is 18.0 Å². The Hall–Kier alpha value is -1.69. The lowest BCUT2D eigenvalue weighted by Crippen LogP contribution is -2.28. The van der Waals surface area contributed by atoms with Crippen LogP contribution in [0.25, 0.3) is 0 Å². The molecule has 18 heavy (non-hydrogen) atoms. The number of esters is 1. The molecule has 0 bridgehead atoms. The number of aromatic nitrogens is 1.